The van der Waals surface area contributed by atoms with Gasteiger partial charge in [-0.3, -0.25) is 0 Å². The van der Waals surface area contributed by atoms with E-state index >= 15 is 0 Å². The molecule has 0 radical (unpaired) electrons. The molecule has 0 aromatic heterocycles. The van der Waals surface area contributed by atoms with E-state index in [9.17, 15) is 13.2 Å². The predicted molar refractivity (Wildman–Crippen MR) is 50.9 cm³/mol. The van der Waals surface area contributed by atoms with Gasteiger partial charge in [0.2, 0.25) is 0 Å². The van der Waals surface area contributed by atoms with Crippen molar-refractivity contribution in [3.8, 4) is 0 Å². The first-order valence-electron chi connectivity index (χ1n) is 4.25. The summed E-state index contributed by atoms with van der Waals surface area (Å²) >= 11 is 0. The summed E-state index contributed by atoms with van der Waals surface area (Å²) < 4.78 is 36.8. The Labute approximate surface area is 81.1 Å². The zero-order chi connectivity index (χ0) is 10.8. The molecule has 14 heavy (non-hydrogen) atoms. The number of rotatable bonds is 1. The van der Waals surface area contributed by atoms with E-state index in [2.05, 4.69) is 0 Å². The lowest BCUT2D eigenvalue weighted by Gasteiger charge is -2.08. The highest BCUT2D eigenvalue weighted by atomic mass is 19.4. The van der Waals surface area contributed by atoms with E-state index in [4.69, 9.17) is 0 Å². The fourth-order valence-corrected chi connectivity index (χ4v) is 1.22. The molecule has 1 aromatic rings. The van der Waals surface area contributed by atoms with Crippen molar-refractivity contribution in [3.63, 3.8) is 0 Å². The third-order valence-corrected chi connectivity index (χ3v) is 1.94. The van der Waals surface area contributed by atoms with Crippen LogP contribution in [-0.4, -0.2) is 0 Å². The van der Waals surface area contributed by atoms with Gasteiger partial charge in [-0.25, -0.2) is 0 Å². The maximum absolute atomic E-state index is 12.3. The van der Waals surface area contributed by atoms with Crippen molar-refractivity contribution in [2.75, 3.05) is 0 Å². The smallest absolute Gasteiger partial charge is 0.166 e. The molecule has 0 aliphatic heterocycles. The third kappa shape index (κ3) is 2.37. The molecule has 1 rings (SSSR count). The van der Waals surface area contributed by atoms with E-state index in [1.807, 2.05) is 6.92 Å². The standard InChI is InChI=1S/C11H11F3/c1-3-4-9-5-6-10(7-8(9)2)11(12,13)14/h3-7H,1-2H3/b4-3-. The van der Waals surface area contributed by atoms with Crippen LogP contribution in [0, 0.1) is 6.92 Å². The summed E-state index contributed by atoms with van der Waals surface area (Å²) in [6, 6.07) is 3.75. The molecule has 1 aromatic carbocycles. The first-order valence-corrected chi connectivity index (χ1v) is 4.25. The first-order chi connectivity index (χ1) is 6.45. The Morgan fingerprint density at radius 3 is 2.29 bits per heavy atom. The molecule has 0 unspecified atom stereocenters. The number of hydrogen-bond donors (Lipinski definition) is 0. The Hall–Kier alpha value is -1.25. The second kappa shape index (κ2) is 3.86. The molecule has 0 aliphatic carbocycles. The van der Waals surface area contributed by atoms with E-state index in [1.54, 1.807) is 19.1 Å². The zero-order valence-corrected chi connectivity index (χ0v) is 8.02. The van der Waals surface area contributed by atoms with Crippen LogP contribution >= 0.6 is 0 Å². The van der Waals surface area contributed by atoms with Crippen LogP contribution in [0.4, 0.5) is 13.2 Å². The summed E-state index contributed by atoms with van der Waals surface area (Å²) in [6.07, 6.45) is -0.662. The van der Waals surface area contributed by atoms with Gasteiger partial charge in [-0.05, 0) is 37.1 Å². The van der Waals surface area contributed by atoms with Crippen molar-refractivity contribution in [1.29, 1.82) is 0 Å². The summed E-state index contributed by atoms with van der Waals surface area (Å²) in [5, 5.41) is 0. The van der Waals surface area contributed by atoms with Crippen molar-refractivity contribution in [1.82, 2.24) is 0 Å². The highest BCUT2D eigenvalue weighted by molar-refractivity contribution is 5.54. The Balaban J connectivity index is 3.13. The van der Waals surface area contributed by atoms with Crippen molar-refractivity contribution < 1.29 is 13.2 Å². The molecule has 0 bridgehead atoms. The van der Waals surface area contributed by atoms with Gasteiger partial charge in [-0.15, -0.1) is 0 Å². The Kier molecular flexibility index (Phi) is 2.99. The van der Waals surface area contributed by atoms with Crippen LogP contribution in [0.15, 0.2) is 24.3 Å². The summed E-state index contributed by atoms with van der Waals surface area (Å²) in [7, 11) is 0. The highest BCUT2D eigenvalue weighted by Crippen LogP contribution is 2.30. The minimum absolute atomic E-state index is 0.594. The van der Waals surface area contributed by atoms with Gasteiger partial charge in [0.15, 0.2) is 0 Å². The fraction of sp³-hybridized carbons (Fsp3) is 0.273. The average molecular weight is 200 g/mol. The van der Waals surface area contributed by atoms with Gasteiger partial charge in [-0.2, -0.15) is 13.2 Å². The van der Waals surface area contributed by atoms with Gasteiger partial charge in [0.1, 0.15) is 0 Å². The number of allylic oxidation sites excluding steroid dienone is 1. The van der Waals surface area contributed by atoms with Crippen LogP contribution in [0.5, 0.6) is 0 Å². The molecular weight excluding hydrogens is 189 g/mol. The third-order valence-electron chi connectivity index (χ3n) is 1.94. The molecule has 0 fully saturated rings. The van der Waals surface area contributed by atoms with E-state index in [0.717, 1.165) is 17.7 Å². The van der Waals surface area contributed by atoms with Gasteiger partial charge >= 0.3 is 6.18 Å². The van der Waals surface area contributed by atoms with Crippen molar-refractivity contribution in [2.24, 2.45) is 0 Å². The topological polar surface area (TPSA) is 0 Å². The van der Waals surface area contributed by atoms with Crippen molar-refractivity contribution >= 4 is 6.08 Å². The molecule has 0 spiro atoms. The normalized spacial score (nSPS) is 12.4. The number of aryl methyl sites for hydroxylation is 1. The van der Waals surface area contributed by atoms with Gasteiger partial charge in [-0.1, -0.05) is 18.2 Å². The molecule has 0 atom stereocenters. The van der Waals surface area contributed by atoms with Crippen LogP contribution in [0.1, 0.15) is 23.6 Å². The number of benzene rings is 1. The van der Waals surface area contributed by atoms with Crippen molar-refractivity contribution in [2.45, 2.75) is 20.0 Å². The highest BCUT2D eigenvalue weighted by Gasteiger charge is 2.30. The summed E-state index contributed by atoms with van der Waals surface area (Å²) in [5.74, 6) is 0. The molecule has 0 saturated carbocycles. The van der Waals surface area contributed by atoms with Crippen LogP contribution in [0.2, 0.25) is 0 Å². The SMILES string of the molecule is C/C=C\c1ccc(C(F)(F)F)cc1C. The fourth-order valence-electron chi connectivity index (χ4n) is 1.22. The number of hydrogen-bond acceptors (Lipinski definition) is 0. The van der Waals surface area contributed by atoms with Crippen LogP contribution in [0.3, 0.4) is 0 Å². The first kappa shape index (κ1) is 10.8. The van der Waals surface area contributed by atoms with E-state index in [0.29, 0.717) is 5.56 Å². The lowest BCUT2D eigenvalue weighted by atomic mass is 10.0. The van der Waals surface area contributed by atoms with E-state index < -0.39 is 11.7 Å². The molecular formula is C11H11F3. The molecule has 3 heteroatoms. The lowest BCUT2D eigenvalue weighted by molar-refractivity contribution is -0.137. The maximum atomic E-state index is 12.3. The molecule has 0 N–H and O–H groups in total. The van der Waals surface area contributed by atoms with Gasteiger partial charge in [0.25, 0.3) is 0 Å². The van der Waals surface area contributed by atoms with Gasteiger partial charge in [0.05, 0.1) is 5.56 Å². The van der Waals surface area contributed by atoms with E-state index in [1.165, 1.54) is 6.07 Å². The second-order valence-electron chi connectivity index (χ2n) is 3.07. The van der Waals surface area contributed by atoms with Crippen LogP contribution in [0.25, 0.3) is 6.08 Å². The average Bonchev–Trinajstić information content (AvgIpc) is 2.07. The molecule has 0 heterocycles. The molecule has 0 nitrogen and oxygen atoms in total. The molecule has 76 valence electrons. The summed E-state index contributed by atoms with van der Waals surface area (Å²) in [6.45, 7) is 3.50. The molecule has 0 aliphatic rings. The van der Waals surface area contributed by atoms with Gasteiger partial charge < -0.3 is 0 Å². The molecule has 0 saturated heterocycles. The lowest BCUT2D eigenvalue weighted by Crippen LogP contribution is -2.05. The van der Waals surface area contributed by atoms with Crippen LogP contribution in [-0.2, 0) is 6.18 Å². The summed E-state index contributed by atoms with van der Waals surface area (Å²) in [4.78, 5) is 0. The Morgan fingerprint density at radius 2 is 1.86 bits per heavy atom. The van der Waals surface area contributed by atoms with Gasteiger partial charge in [0, 0.05) is 0 Å². The minimum atomic E-state index is -4.25. The maximum Gasteiger partial charge on any atom is 0.416 e. The van der Waals surface area contributed by atoms with Crippen molar-refractivity contribution in [3.05, 3.63) is 41.0 Å². The number of alkyl halides is 3. The second-order valence-corrected chi connectivity index (χ2v) is 3.07. The van der Waals surface area contributed by atoms with E-state index in [-0.39, 0.29) is 0 Å². The monoisotopic (exact) mass is 200 g/mol. The Morgan fingerprint density at radius 1 is 1.21 bits per heavy atom. The minimum Gasteiger partial charge on any atom is -0.166 e. The quantitative estimate of drug-likeness (QED) is 0.641. The molecule has 0 amide bonds. The Bertz CT molecular complexity index is 348. The summed E-state index contributed by atoms with van der Waals surface area (Å²) in [5.41, 5.74) is 0.863. The zero-order valence-electron chi connectivity index (χ0n) is 8.02. The van der Waals surface area contributed by atoms with Crippen LogP contribution < -0.4 is 0 Å². The predicted octanol–water partition coefficient (Wildman–Crippen LogP) is 4.05. The number of halogens is 3. The largest absolute Gasteiger partial charge is 0.416 e.